The third kappa shape index (κ3) is 1.46. The first-order chi connectivity index (χ1) is 7.61. The van der Waals surface area contributed by atoms with E-state index in [0.29, 0.717) is 5.39 Å². The van der Waals surface area contributed by atoms with Crippen molar-refractivity contribution in [3.8, 4) is 0 Å². The first-order valence-corrected chi connectivity index (χ1v) is 4.42. The smallest absolute Gasteiger partial charge is 0.258 e. The van der Waals surface area contributed by atoms with E-state index in [1.165, 1.54) is 12.1 Å². The number of nitro benzene ring substituents is 2. The van der Waals surface area contributed by atoms with Crippen LogP contribution in [0.15, 0.2) is 36.4 Å². The van der Waals surface area contributed by atoms with Crippen molar-refractivity contribution in [2.45, 2.75) is 0 Å². The summed E-state index contributed by atoms with van der Waals surface area (Å²) in [5, 5.41) is 22.4. The summed E-state index contributed by atoms with van der Waals surface area (Å²) in [6.07, 6.45) is 0. The minimum Gasteiger partial charge on any atom is -0.258 e. The van der Waals surface area contributed by atoms with Gasteiger partial charge in [-0.1, -0.05) is 18.2 Å². The highest BCUT2D eigenvalue weighted by Gasteiger charge is 2.26. The molecule has 0 atom stereocenters. The van der Waals surface area contributed by atoms with Crippen LogP contribution in [0.2, 0.25) is 0 Å². The highest BCUT2D eigenvalue weighted by Crippen LogP contribution is 2.34. The van der Waals surface area contributed by atoms with Gasteiger partial charge < -0.3 is 0 Å². The third-order valence-electron chi connectivity index (χ3n) is 2.26. The number of nitro groups is 2. The minimum absolute atomic E-state index is 0.279. The van der Waals surface area contributed by atoms with Gasteiger partial charge in [-0.15, -0.1) is 0 Å². The lowest BCUT2D eigenvalue weighted by Gasteiger charge is -1.99. The fraction of sp³-hybridized carbons (Fsp3) is 0. The van der Waals surface area contributed by atoms with Gasteiger partial charge >= 0.3 is 11.4 Å². The summed E-state index contributed by atoms with van der Waals surface area (Å²) in [5.74, 6) is 0. The molecule has 0 amide bonds. The van der Waals surface area contributed by atoms with E-state index < -0.39 is 21.2 Å². The zero-order chi connectivity index (χ0) is 11.7. The average Bonchev–Trinajstić information content (AvgIpc) is 2.27. The van der Waals surface area contributed by atoms with Crippen molar-refractivity contribution >= 4 is 22.1 Å². The maximum Gasteiger partial charge on any atom is 0.353 e. The quantitative estimate of drug-likeness (QED) is 0.572. The van der Waals surface area contributed by atoms with E-state index in [-0.39, 0.29) is 5.39 Å². The van der Waals surface area contributed by atoms with E-state index >= 15 is 0 Å². The molecule has 0 aliphatic carbocycles. The first kappa shape index (κ1) is 10.0. The van der Waals surface area contributed by atoms with Crippen LogP contribution in [-0.2, 0) is 0 Å². The minimum atomic E-state index is -0.745. The predicted molar refractivity (Wildman–Crippen MR) is 57.3 cm³/mol. The molecule has 0 aliphatic rings. The molecule has 0 radical (unpaired) electrons. The fourth-order valence-electron chi connectivity index (χ4n) is 1.58. The summed E-state index contributed by atoms with van der Waals surface area (Å²) in [6.45, 7) is 0. The van der Waals surface area contributed by atoms with Crippen LogP contribution < -0.4 is 0 Å². The maximum atomic E-state index is 10.8. The number of fused-ring (bicyclic) bond motifs is 1. The third-order valence-corrected chi connectivity index (χ3v) is 2.26. The fourth-order valence-corrected chi connectivity index (χ4v) is 1.58. The normalized spacial score (nSPS) is 10.2. The molecule has 80 valence electrons. The molecular formula is C10H6N2O4. The van der Waals surface area contributed by atoms with E-state index in [1.807, 2.05) is 0 Å². The molecular weight excluding hydrogens is 212 g/mol. The zero-order valence-corrected chi connectivity index (χ0v) is 7.99. The van der Waals surface area contributed by atoms with E-state index in [4.69, 9.17) is 0 Å². The van der Waals surface area contributed by atoms with Crippen LogP contribution >= 0.6 is 0 Å². The molecule has 0 saturated carbocycles. The highest BCUT2D eigenvalue weighted by atomic mass is 16.6. The number of hydrogen-bond acceptors (Lipinski definition) is 4. The van der Waals surface area contributed by atoms with Gasteiger partial charge in [0, 0.05) is 6.07 Å². The van der Waals surface area contributed by atoms with E-state index in [2.05, 4.69) is 0 Å². The summed E-state index contributed by atoms with van der Waals surface area (Å²) in [5.41, 5.74) is -0.938. The molecule has 0 aliphatic heterocycles. The number of benzene rings is 2. The number of rotatable bonds is 2. The molecule has 2 aromatic rings. The van der Waals surface area contributed by atoms with Gasteiger partial charge in [-0.05, 0) is 17.5 Å². The summed E-state index contributed by atoms with van der Waals surface area (Å²) < 4.78 is 0. The highest BCUT2D eigenvalue weighted by molar-refractivity contribution is 5.94. The molecule has 0 aromatic heterocycles. The Hall–Kier alpha value is -2.50. The molecule has 0 fully saturated rings. The topological polar surface area (TPSA) is 86.3 Å². The summed E-state index contributed by atoms with van der Waals surface area (Å²) in [6, 6.07) is 9.16. The van der Waals surface area contributed by atoms with Crippen molar-refractivity contribution in [2.75, 3.05) is 0 Å². The van der Waals surface area contributed by atoms with Crippen LogP contribution in [0.4, 0.5) is 11.4 Å². The average molecular weight is 218 g/mol. The molecule has 0 heterocycles. The summed E-state index contributed by atoms with van der Waals surface area (Å²) in [7, 11) is 0. The van der Waals surface area contributed by atoms with Gasteiger partial charge in [0.2, 0.25) is 0 Å². The number of hydrogen-bond donors (Lipinski definition) is 0. The maximum absolute atomic E-state index is 10.8. The van der Waals surface area contributed by atoms with Gasteiger partial charge in [0.15, 0.2) is 0 Å². The van der Waals surface area contributed by atoms with Gasteiger partial charge in [0.05, 0.1) is 15.2 Å². The van der Waals surface area contributed by atoms with E-state index in [9.17, 15) is 20.2 Å². The zero-order valence-electron chi connectivity index (χ0n) is 7.99. The molecule has 2 rings (SSSR count). The Balaban J connectivity index is 2.90. The number of nitrogens with zero attached hydrogens (tertiary/aromatic N) is 2. The SMILES string of the molecule is O=[N+]([O-])c1ccc2ccccc2c1[N+](=O)[O-]. The van der Waals surface area contributed by atoms with Gasteiger partial charge in [-0.2, -0.15) is 0 Å². The van der Waals surface area contributed by atoms with Gasteiger partial charge in [0.25, 0.3) is 0 Å². The Labute approximate surface area is 89.4 Å². The lowest BCUT2D eigenvalue weighted by Crippen LogP contribution is -1.97. The van der Waals surface area contributed by atoms with E-state index in [1.54, 1.807) is 18.2 Å². The van der Waals surface area contributed by atoms with Crippen LogP contribution in [0.5, 0.6) is 0 Å². The molecule has 2 aromatic carbocycles. The Morgan fingerprint density at radius 3 is 2.19 bits per heavy atom. The van der Waals surface area contributed by atoms with Crippen molar-refractivity contribution in [3.05, 3.63) is 56.6 Å². The molecule has 6 heteroatoms. The Morgan fingerprint density at radius 2 is 1.56 bits per heavy atom. The summed E-state index contributed by atoms with van der Waals surface area (Å²) >= 11 is 0. The van der Waals surface area contributed by atoms with Crippen molar-refractivity contribution in [3.63, 3.8) is 0 Å². The van der Waals surface area contributed by atoms with Gasteiger partial charge in [-0.25, -0.2) is 0 Å². The Bertz CT molecular complexity index is 594. The molecule has 0 bridgehead atoms. The largest absolute Gasteiger partial charge is 0.353 e. The second-order valence-electron chi connectivity index (χ2n) is 3.17. The predicted octanol–water partition coefficient (Wildman–Crippen LogP) is 2.66. The standard InChI is InChI=1S/C10H6N2O4/c13-11(14)9-6-5-7-3-1-2-4-8(7)10(9)12(15)16/h1-6H. The van der Waals surface area contributed by atoms with Crippen LogP contribution in [0, 0.1) is 20.2 Å². The van der Waals surface area contributed by atoms with Crippen molar-refractivity contribution in [2.24, 2.45) is 0 Å². The Morgan fingerprint density at radius 1 is 0.875 bits per heavy atom. The van der Waals surface area contributed by atoms with E-state index in [0.717, 1.165) is 6.07 Å². The molecule has 16 heavy (non-hydrogen) atoms. The van der Waals surface area contributed by atoms with Crippen molar-refractivity contribution < 1.29 is 9.85 Å². The molecule has 6 nitrogen and oxygen atoms in total. The monoisotopic (exact) mass is 218 g/mol. The van der Waals surface area contributed by atoms with Gasteiger partial charge in [0.1, 0.15) is 0 Å². The van der Waals surface area contributed by atoms with Crippen LogP contribution in [0.1, 0.15) is 0 Å². The molecule has 0 unspecified atom stereocenters. The molecule has 0 saturated heterocycles. The van der Waals surface area contributed by atoms with Gasteiger partial charge in [-0.3, -0.25) is 20.2 Å². The lowest BCUT2D eigenvalue weighted by atomic mass is 10.1. The van der Waals surface area contributed by atoms with Crippen molar-refractivity contribution in [1.82, 2.24) is 0 Å². The second-order valence-corrected chi connectivity index (χ2v) is 3.17. The second kappa shape index (κ2) is 3.58. The van der Waals surface area contributed by atoms with Crippen molar-refractivity contribution in [1.29, 1.82) is 0 Å². The summed E-state index contributed by atoms with van der Waals surface area (Å²) in [4.78, 5) is 20.0. The molecule has 0 N–H and O–H groups in total. The van der Waals surface area contributed by atoms with Crippen LogP contribution in [-0.4, -0.2) is 9.85 Å². The van der Waals surface area contributed by atoms with Crippen LogP contribution in [0.3, 0.4) is 0 Å². The Kier molecular flexibility index (Phi) is 2.24. The lowest BCUT2D eigenvalue weighted by molar-refractivity contribution is -0.421. The molecule has 0 spiro atoms. The van der Waals surface area contributed by atoms with Crippen LogP contribution in [0.25, 0.3) is 10.8 Å². The first-order valence-electron chi connectivity index (χ1n) is 4.42.